The molecule has 0 spiro atoms. The Hall–Kier alpha value is -0.840. The third kappa shape index (κ3) is 3.13. The van der Waals surface area contributed by atoms with E-state index in [2.05, 4.69) is 15.9 Å². The lowest BCUT2D eigenvalue weighted by Crippen LogP contribution is -1.96. The zero-order valence-electron chi connectivity index (χ0n) is 9.73. The average Bonchev–Trinajstić information content (AvgIpc) is 2.34. The van der Waals surface area contributed by atoms with Crippen molar-refractivity contribution in [2.24, 2.45) is 0 Å². The van der Waals surface area contributed by atoms with Crippen molar-refractivity contribution < 1.29 is 9.50 Å². The van der Waals surface area contributed by atoms with Crippen LogP contribution in [-0.4, -0.2) is 5.11 Å². The molecule has 0 aromatic heterocycles. The van der Waals surface area contributed by atoms with Gasteiger partial charge in [-0.05, 0) is 42.8 Å². The molecular weight excluding hydrogens is 315 g/mol. The Kier molecular flexibility index (Phi) is 4.43. The number of rotatable bonds is 3. The Morgan fingerprint density at radius 2 is 1.83 bits per heavy atom. The molecule has 0 aliphatic rings. The molecule has 0 saturated heterocycles. The summed E-state index contributed by atoms with van der Waals surface area (Å²) in [5.41, 5.74) is 0.614. The molecule has 4 heteroatoms. The fourth-order valence-electron chi connectivity index (χ4n) is 1.58. The average molecular weight is 327 g/mol. The maximum atomic E-state index is 13.8. The molecule has 94 valence electrons. The molecule has 2 aromatic rings. The van der Waals surface area contributed by atoms with Crippen molar-refractivity contribution in [3.05, 3.63) is 58.3 Å². The van der Waals surface area contributed by atoms with Crippen molar-refractivity contribution in [2.45, 2.75) is 22.8 Å². The van der Waals surface area contributed by atoms with Crippen LogP contribution in [0.15, 0.2) is 56.7 Å². The third-order valence-electron chi connectivity index (χ3n) is 2.48. The van der Waals surface area contributed by atoms with Gasteiger partial charge in [-0.25, -0.2) is 4.39 Å². The van der Waals surface area contributed by atoms with Gasteiger partial charge in [-0.1, -0.05) is 39.8 Å². The normalized spacial score (nSPS) is 12.4. The summed E-state index contributed by atoms with van der Waals surface area (Å²) >= 11 is 4.68. The first-order valence-corrected chi connectivity index (χ1v) is 7.09. The predicted octanol–water partition coefficient (Wildman–Crippen LogP) is 4.79. The summed E-state index contributed by atoms with van der Waals surface area (Å²) in [5.74, 6) is -0.304. The molecule has 2 aromatic carbocycles. The third-order valence-corrected chi connectivity index (χ3v) is 4.15. The fourth-order valence-corrected chi connectivity index (χ4v) is 2.88. The van der Waals surface area contributed by atoms with Crippen molar-refractivity contribution in [2.75, 3.05) is 0 Å². The number of benzene rings is 2. The molecular formula is C14H12BrFOS. The summed E-state index contributed by atoms with van der Waals surface area (Å²) in [7, 11) is 0. The quantitative estimate of drug-likeness (QED) is 0.874. The molecule has 0 fully saturated rings. The Morgan fingerprint density at radius 1 is 1.17 bits per heavy atom. The number of aliphatic hydroxyl groups excluding tert-OH is 1. The first-order valence-electron chi connectivity index (χ1n) is 5.48. The van der Waals surface area contributed by atoms with Gasteiger partial charge in [-0.2, -0.15) is 0 Å². The molecule has 0 saturated carbocycles. The maximum Gasteiger partial charge on any atom is 0.137 e. The molecule has 0 aliphatic carbocycles. The summed E-state index contributed by atoms with van der Waals surface area (Å²) in [5, 5.41) is 9.66. The van der Waals surface area contributed by atoms with Crippen LogP contribution in [0.5, 0.6) is 0 Å². The van der Waals surface area contributed by atoms with Crippen LogP contribution in [0.3, 0.4) is 0 Å². The molecule has 1 N–H and O–H groups in total. The van der Waals surface area contributed by atoms with E-state index in [1.165, 1.54) is 17.8 Å². The smallest absolute Gasteiger partial charge is 0.137 e. The molecule has 0 heterocycles. The molecule has 18 heavy (non-hydrogen) atoms. The van der Waals surface area contributed by atoms with E-state index >= 15 is 0 Å². The van der Waals surface area contributed by atoms with Crippen LogP contribution in [0.4, 0.5) is 4.39 Å². The highest BCUT2D eigenvalue weighted by molar-refractivity contribution is 9.10. The second-order valence-corrected chi connectivity index (χ2v) is 5.89. The van der Waals surface area contributed by atoms with Crippen molar-refractivity contribution in [3.63, 3.8) is 0 Å². The van der Waals surface area contributed by atoms with E-state index in [1.54, 1.807) is 19.1 Å². The Bertz CT molecular complexity index is 540. The predicted molar refractivity (Wildman–Crippen MR) is 75.3 cm³/mol. The lowest BCUT2D eigenvalue weighted by molar-refractivity contribution is 0.195. The SMILES string of the molecule is C[C@H](O)c1cccc(F)c1Sc1ccc(Br)cc1. The van der Waals surface area contributed by atoms with Gasteiger partial charge in [0.05, 0.1) is 11.0 Å². The van der Waals surface area contributed by atoms with Crippen LogP contribution in [0.25, 0.3) is 0 Å². The highest BCUT2D eigenvalue weighted by Crippen LogP contribution is 2.35. The monoisotopic (exact) mass is 326 g/mol. The zero-order valence-corrected chi connectivity index (χ0v) is 12.1. The molecule has 0 radical (unpaired) electrons. The number of aliphatic hydroxyl groups is 1. The van der Waals surface area contributed by atoms with E-state index in [0.29, 0.717) is 10.5 Å². The lowest BCUT2D eigenvalue weighted by Gasteiger charge is -2.12. The Balaban J connectivity index is 2.36. The Labute approximate surface area is 118 Å². The first kappa shape index (κ1) is 13.6. The summed E-state index contributed by atoms with van der Waals surface area (Å²) in [4.78, 5) is 1.42. The van der Waals surface area contributed by atoms with E-state index < -0.39 is 6.10 Å². The van der Waals surface area contributed by atoms with Gasteiger partial charge in [-0.3, -0.25) is 0 Å². The van der Waals surface area contributed by atoms with Gasteiger partial charge in [0, 0.05) is 9.37 Å². The van der Waals surface area contributed by atoms with Crippen LogP contribution >= 0.6 is 27.7 Å². The minimum atomic E-state index is -0.682. The topological polar surface area (TPSA) is 20.2 Å². The minimum Gasteiger partial charge on any atom is -0.389 e. The van der Waals surface area contributed by atoms with Gasteiger partial charge in [0.2, 0.25) is 0 Å². The number of halogens is 2. The van der Waals surface area contributed by atoms with Gasteiger partial charge in [-0.15, -0.1) is 0 Å². The van der Waals surface area contributed by atoms with E-state index in [4.69, 9.17) is 0 Å². The van der Waals surface area contributed by atoms with Gasteiger partial charge < -0.3 is 5.11 Å². The van der Waals surface area contributed by atoms with Crippen LogP contribution < -0.4 is 0 Å². The molecule has 1 nitrogen and oxygen atoms in total. The van der Waals surface area contributed by atoms with Gasteiger partial charge in [0.15, 0.2) is 0 Å². The van der Waals surface area contributed by atoms with Gasteiger partial charge >= 0.3 is 0 Å². The zero-order chi connectivity index (χ0) is 13.1. The summed E-state index contributed by atoms with van der Waals surface area (Å²) in [6, 6.07) is 12.4. The minimum absolute atomic E-state index is 0.304. The highest BCUT2D eigenvalue weighted by atomic mass is 79.9. The standard InChI is InChI=1S/C14H12BrFOS/c1-9(17)12-3-2-4-13(16)14(12)18-11-7-5-10(15)6-8-11/h2-9,17H,1H3/t9-/m0/s1. The second-order valence-electron chi connectivity index (χ2n) is 3.89. The Morgan fingerprint density at radius 3 is 2.44 bits per heavy atom. The maximum absolute atomic E-state index is 13.8. The molecule has 0 bridgehead atoms. The highest BCUT2D eigenvalue weighted by Gasteiger charge is 2.13. The van der Waals surface area contributed by atoms with Crippen molar-refractivity contribution in [1.82, 2.24) is 0 Å². The molecule has 0 amide bonds. The van der Waals surface area contributed by atoms with Crippen LogP contribution in [-0.2, 0) is 0 Å². The van der Waals surface area contributed by atoms with Crippen molar-refractivity contribution >= 4 is 27.7 Å². The fraction of sp³-hybridized carbons (Fsp3) is 0.143. The van der Waals surface area contributed by atoms with E-state index in [1.807, 2.05) is 24.3 Å². The lowest BCUT2D eigenvalue weighted by atomic mass is 10.1. The van der Waals surface area contributed by atoms with E-state index in [-0.39, 0.29) is 5.82 Å². The van der Waals surface area contributed by atoms with E-state index in [0.717, 1.165) is 9.37 Å². The van der Waals surface area contributed by atoms with Crippen molar-refractivity contribution in [3.8, 4) is 0 Å². The molecule has 1 atom stereocenters. The first-order chi connectivity index (χ1) is 8.58. The number of hydrogen-bond donors (Lipinski definition) is 1. The van der Waals surface area contributed by atoms with Crippen LogP contribution in [0, 0.1) is 5.82 Å². The second kappa shape index (κ2) is 5.87. The molecule has 0 aliphatic heterocycles. The summed E-state index contributed by atoms with van der Waals surface area (Å²) in [6.45, 7) is 1.64. The summed E-state index contributed by atoms with van der Waals surface area (Å²) < 4.78 is 14.8. The molecule has 2 rings (SSSR count). The summed E-state index contributed by atoms with van der Waals surface area (Å²) in [6.07, 6.45) is -0.682. The van der Waals surface area contributed by atoms with Gasteiger partial charge in [0.25, 0.3) is 0 Å². The number of hydrogen-bond acceptors (Lipinski definition) is 2. The van der Waals surface area contributed by atoms with E-state index in [9.17, 15) is 9.50 Å². The largest absolute Gasteiger partial charge is 0.389 e. The molecule has 0 unspecified atom stereocenters. The van der Waals surface area contributed by atoms with Crippen molar-refractivity contribution in [1.29, 1.82) is 0 Å². The van der Waals surface area contributed by atoms with Crippen LogP contribution in [0.2, 0.25) is 0 Å². The van der Waals surface area contributed by atoms with Gasteiger partial charge in [0.1, 0.15) is 5.82 Å². The van der Waals surface area contributed by atoms with Crippen LogP contribution in [0.1, 0.15) is 18.6 Å².